The fraction of sp³-hybridized carbons (Fsp3) is 1.00. The third-order valence-electron chi connectivity index (χ3n) is 2.18. The zero-order chi connectivity index (χ0) is 9.03. The monoisotopic (exact) mass is 172 g/mol. The highest BCUT2D eigenvalue weighted by atomic mass is 16.7. The van der Waals surface area contributed by atoms with Gasteiger partial charge in [0.15, 0.2) is 6.29 Å². The second-order valence-corrected chi connectivity index (χ2v) is 4.33. The molecule has 1 atom stereocenters. The molecule has 0 saturated carbocycles. The van der Waals surface area contributed by atoms with Gasteiger partial charge >= 0.3 is 0 Å². The van der Waals surface area contributed by atoms with Crippen molar-refractivity contribution in [2.75, 3.05) is 13.2 Å². The second kappa shape index (κ2) is 4.24. The highest BCUT2D eigenvalue weighted by Crippen LogP contribution is 2.31. The van der Waals surface area contributed by atoms with Gasteiger partial charge in [0.25, 0.3) is 0 Å². The number of hydrogen-bond acceptors (Lipinski definition) is 2. The standard InChI is InChI=1S/C10H20O2/c1-4-5-6-11-9-7-10(2,3)8-12-9/h9H,4-8H2,1-3H3. The number of unbranched alkanes of at least 4 members (excludes halogenated alkanes) is 1. The van der Waals surface area contributed by atoms with E-state index in [0.29, 0.717) is 5.41 Å². The van der Waals surface area contributed by atoms with Gasteiger partial charge in [0.1, 0.15) is 0 Å². The normalized spacial score (nSPS) is 27.8. The van der Waals surface area contributed by atoms with Crippen molar-refractivity contribution in [2.24, 2.45) is 5.41 Å². The third kappa shape index (κ3) is 3.11. The van der Waals surface area contributed by atoms with Gasteiger partial charge < -0.3 is 9.47 Å². The van der Waals surface area contributed by atoms with Gasteiger partial charge in [0.2, 0.25) is 0 Å². The first-order valence-electron chi connectivity index (χ1n) is 4.87. The van der Waals surface area contributed by atoms with Crippen molar-refractivity contribution in [3.63, 3.8) is 0 Å². The molecule has 0 aliphatic carbocycles. The van der Waals surface area contributed by atoms with Gasteiger partial charge in [-0.1, -0.05) is 27.2 Å². The first-order valence-corrected chi connectivity index (χ1v) is 4.87. The predicted molar refractivity (Wildman–Crippen MR) is 49.0 cm³/mol. The van der Waals surface area contributed by atoms with Gasteiger partial charge in [-0.25, -0.2) is 0 Å². The summed E-state index contributed by atoms with van der Waals surface area (Å²) in [5.41, 5.74) is 0.316. The van der Waals surface area contributed by atoms with Crippen LogP contribution in [0.15, 0.2) is 0 Å². The molecule has 1 aliphatic heterocycles. The van der Waals surface area contributed by atoms with Crippen molar-refractivity contribution in [3.8, 4) is 0 Å². The van der Waals surface area contributed by atoms with Gasteiger partial charge in [-0.3, -0.25) is 0 Å². The van der Waals surface area contributed by atoms with Crippen LogP contribution in [0.3, 0.4) is 0 Å². The molecule has 72 valence electrons. The number of hydrogen-bond donors (Lipinski definition) is 0. The lowest BCUT2D eigenvalue weighted by Gasteiger charge is -2.13. The van der Waals surface area contributed by atoms with Crippen molar-refractivity contribution in [1.29, 1.82) is 0 Å². The minimum absolute atomic E-state index is 0.0616. The molecule has 0 spiro atoms. The quantitative estimate of drug-likeness (QED) is 0.607. The van der Waals surface area contributed by atoms with Gasteiger partial charge in [-0.05, 0) is 11.8 Å². The Kier molecular flexibility index (Phi) is 3.53. The number of ether oxygens (including phenoxy) is 2. The Bertz CT molecular complexity index is 132. The molecule has 0 N–H and O–H groups in total. The zero-order valence-corrected chi connectivity index (χ0v) is 8.43. The predicted octanol–water partition coefficient (Wildman–Crippen LogP) is 2.58. The Morgan fingerprint density at radius 2 is 2.25 bits per heavy atom. The summed E-state index contributed by atoms with van der Waals surface area (Å²) < 4.78 is 11.0. The summed E-state index contributed by atoms with van der Waals surface area (Å²) in [5.74, 6) is 0. The van der Waals surface area contributed by atoms with E-state index in [9.17, 15) is 0 Å². The Labute approximate surface area is 75.2 Å². The second-order valence-electron chi connectivity index (χ2n) is 4.33. The summed E-state index contributed by atoms with van der Waals surface area (Å²) >= 11 is 0. The molecule has 0 amide bonds. The Balaban J connectivity index is 2.11. The van der Waals surface area contributed by atoms with Gasteiger partial charge in [0, 0.05) is 13.0 Å². The molecule has 0 aromatic rings. The van der Waals surface area contributed by atoms with Crippen LogP contribution >= 0.6 is 0 Å². The molecular formula is C10H20O2. The largest absolute Gasteiger partial charge is 0.353 e. The molecule has 0 bridgehead atoms. The summed E-state index contributed by atoms with van der Waals surface area (Å²) in [4.78, 5) is 0. The maximum Gasteiger partial charge on any atom is 0.158 e. The van der Waals surface area contributed by atoms with E-state index in [0.717, 1.165) is 26.1 Å². The fourth-order valence-electron chi connectivity index (χ4n) is 1.35. The van der Waals surface area contributed by atoms with Crippen LogP contribution in [-0.4, -0.2) is 19.5 Å². The van der Waals surface area contributed by atoms with Crippen molar-refractivity contribution in [2.45, 2.75) is 46.3 Å². The van der Waals surface area contributed by atoms with Crippen molar-refractivity contribution < 1.29 is 9.47 Å². The molecule has 1 saturated heterocycles. The van der Waals surface area contributed by atoms with Crippen molar-refractivity contribution >= 4 is 0 Å². The lowest BCUT2D eigenvalue weighted by Crippen LogP contribution is -2.13. The fourth-order valence-corrected chi connectivity index (χ4v) is 1.35. The highest BCUT2D eigenvalue weighted by Gasteiger charge is 2.32. The Morgan fingerprint density at radius 1 is 1.50 bits per heavy atom. The maximum atomic E-state index is 5.56. The van der Waals surface area contributed by atoms with E-state index in [1.807, 2.05) is 0 Å². The first kappa shape index (κ1) is 10.0. The molecule has 1 aliphatic rings. The van der Waals surface area contributed by atoms with Crippen LogP contribution in [-0.2, 0) is 9.47 Å². The van der Waals surface area contributed by atoms with Gasteiger partial charge in [-0.15, -0.1) is 0 Å². The molecule has 1 heterocycles. The van der Waals surface area contributed by atoms with Crippen LogP contribution in [0.25, 0.3) is 0 Å². The Morgan fingerprint density at radius 3 is 2.75 bits per heavy atom. The molecule has 0 aromatic carbocycles. The zero-order valence-electron chi connectivity index (χ0n) is 8.43. The van der Waals surface area contributed by atoms with Crippen LogP contribution in [0, 0.1) is 5.41 Å². The van der Waals surface area contributed by atoms with Crippen molar-refractivity contribution in [1.82, 2.24) is 0 Å². The molecule has 0 radical (unpaired) electrons. The molecule has 1 fully saturated rings. The van der Waals surface area contributed by atoms with E-state index in [1.165, 1.54) is 6.42 Å². The van der Waals surface area contributed by atoms with Crippen LogP contribution in [0.4, 0.5) is 0 Å². The smallest absolute Gasteiger partial charge is 0.158 e. The maximum absolute atomic E-state index is 5.56. The lowest BCUT2D eigenvalue weighted by atomic mass is 9.93. The topological polar surface area (TPSA) is 18.5 Å². The summed E-state index contributed by atoms with van der Waals surface area (Å²) in [7, 11) is 0. The Hall–Kier alpha value is -0.0800. The average Bonchev–Trinajstić information content (AvgIpc) is 2.31. The molecule has 2 heteroatoms. The van der Waals surface area contributed by atoms with E-state index in [4.69, 9.17) is 9.47 Å². The lowest BCUT2D eigenvalue weighted by molar-refractivity contribution is -0.111. The molecule has 2 nitrogen and oxygen atoms in total. The van der Waals surface area contributed by atoms with Crippen molar-refractivity contribution in [3.05, 3.63) is 0 Å². The van der Waals surface area contributed by atoms with E-state index in [-0.39, 0.29) is 6.29 Å². The molecule has 1 unspecified atom stereocenters. The third-order valence-corrected chi connectivity index (χ3v) is 2.18. The summed E-state index contributed by atoms with van der Waals surface area (Å²) in [6.07, 6.45) is 3.43. The minimum atomic E-state index is 0.0616. The van der Waals surface area contributed by atoms with E-state index in [2.05, 4.69) is 20.8 Å². The molecule has 0 aromatic heterocycles. The summed E-state index contributed by atoms with van der Waals surface area (Å²) in [6.45, 7) is 8.29. The first-order chi connectivity index (χ1) is 5.64. The van der Waals surface area contributed by atoms with Crippen LogP contribution < -0.4 is 0 Å². The van der Waals surface area contributed by atoms with E-state index < -0.39 is 0 Å². The molecular weight excluding hydrogens is 152 g/mol. The highest BCUT2D eigenvalue weighted by molar-refractivity contribution is 4.75. The van der Waals surface area contributed by atoms with E-state index in [1.54, 1.807) is 0 Å². The van der Waals surface area contributed by atoms with Gasteiger partial charge in [-0.2, -0.15) is 0 Å². The van der Waals surface area contributed by atoms with Crippen LogP contribution in [0.2, 0.25) is 0 Å². The van der Waals surface area contributed by atoms with Crippen LogP contribution in [0.5, 0.6) is 0 Å². The number of rotatable bonds is 4. The van der Waals surface area contributed by atoms with Gasteiger partial charge in [0.05, 0.1) is 6.61 Å². The summed E-state index contributed by atoms with van der Waals surface area (Å²) in [6, 6.07) is 0. The minimum Gasteiger partial charge on any atom is -0.353 e. The summed E-state index contributed by atoms with van der Waals surface area (Å²) in [5, 5.41) is 0. The van der Waals surface area contributed by atoms with Crippen LogP contribution in [0.1, 0.15) is 40.0 Å². The average molecular weight is 172 g/mol. The molecule has 1 rings (SSSR count). The SMILES string of the molecule is CCCCOC1CC(C)(C)CO1. The van der Waals surface area contributed by atoms with E-state index >= 15 is 0 Å². The molecule has 12 heavy (non-hydrogen) atoms.